The summed E-state index contributed by atoms with van der Waals surface area (Å²) >= 11 is 0. The topological polar surface area (TPSA) is 94.1 Å². The van der Waals surface area contributed by atoms with Gasteiger partial charge in [0.05, 0.1) is 19.3 Å². The van der Waals surface area contributed by atoms with Gasteiger partial charge in [-0.15, -0.1) is 0 Å². The van der Waals surface area contributed by atoms with Crippen LogP contribution in [0.15, 0.2) is 65.0 Å². The van der Waals surface area contributed by atoms with E-state index in [0.29, 0.717) is 47.6 Å². The van der Waals surface area contributed by atoms with Gasteiger partial charge in [0.2, 0.25) is 0 Å². The van der Waals surface area contributed by atoms with Crippen LogP contribution in [0.4, 0.5) is 0 Å². The van der Waals surface area contributed by atoms with Crippen LogP contribution in [0.3, 0.4) is 0 Å². The highest BCUT2D eigenvalue weighted by molar-refractivity contribution is 6.04. The van der Waals surface area contributed by atoms with Crippen LogP contribution >= 0.6 is 0 Å². The second kappa shape index (κ2) is 10.1. The number of allylic oxidation sites excluding steroid dienone is 3. The summed E-state index contributed by atoms with van der Waals surface area (Å²) in [6, 6.07) is 12.3. The Hall–Kier alpha value is -3.74. The van der Waals surface area contributed by atoms with E-state index in [1.807, 2.05) is 38.1 Å². The first-order chi connectivity index (χ1) is 17.1. The quantitative estimate of drug-likeness (QED) is 0.518. The van der Waals surface area contributed by atoms with Crippen molar-refractivity contribution in [3.8, 4) is 17.2 Å². The van der Waals surface area contributed by atoms with E-state index in [4.69, 9.17) is 14.2 Å². The predicted octanol–water partition coefficient (Wildman–Crippen LogP) is 5.15. The zero-order valence-corrected chi connectivity index (χ0v) is 21.4. The molecule has 0 radical (unpaired) electrons. The molecule has 1 atom stereocenters. The lowest BCUT2D eigenvalue weighted by atomic mass is 9.68. The number of dihydropyridines is 1. The first-order valence-corrected chi connectivity index (χ1v) is 12.1. The highest BCUT2D eigenvalue weighted by atomic mass is 16.5. The molecule has 36 heavy (non-hydrogen) atoms. The van der Waals surface area contributed by atoms with Gasteiger partial charge in [-0.1, -0.05) is 32.0 Å². The molecule has 0 spiro atoms. The summed E-state index contributed by atoms with van der Waals surface area (Å²) in [5, 5.41) is 13.6. The fourth-order valence-electron chi connectivity index (χ4n) is 4.97. The molecule has 2 N–H and O–H groups in total. The Bertz CT molecular complexity index is 1240. The maximum Gasteiger partial charge on any atom is 0.337 e. The second-order valence-corrected chi connectivity index (χ2v) is 10.0. The van der Waals surface area contributed by atoms with Gasteiger partial charge in [-0.2, -0.15) is 0 Å². The highest BCUT2D eigenvalue weighted by Crippen LogP contribution is 2.47. The summed E-state index contributed by atoms with van der Waals surface area (Å²) in [7, 11) is 1.59. The van der Waals surface area contributed by atoms with E-state index in [0.717, 1.165) is 17.0 Å². The van der Waals surface area contributed by atoms with Crippen LogP contribution in [0.2, 0.25) is 0 Å². The van der Waals surface area contributed by atoms with E-state index in [1.165, 1.54) is 6.07 Å². The van der Waals surface area contributed by atoms with E-state index >= 15 is 0 Å². The molecule has 0 fully saturated rings. The maximum absolute atomic E-state index is 13.5. The number of phenols is 1. The Morgan fingerprint density at radius 3 is 2.53 bits per heavy atom. The van der Waals surface area contributed by atoms with Crippen molar-refractivity contribution in [3.05, 3.63) is 76.1 Å². The minimum absolute atomic E-state index is 0.00209. The number of Topliss-reactive ketones (excluding diaryl/α,β-unsaturated/α-hetero) is 1. The SMILES string of the molecule is CCOc1cc([C@@H]2C(C(=O)OCc3ccc(OC)cc3)=C(C)NC3=C2C(=O)CC(C)(C)C3)ccc1O. The third kappa shape index (κ3) is 5.10. The molecule has 2 aromatic rings. The first-order valence-electron chi connectivity index (χ1n) is 12.1. The Labute approximate surface area is 211 Å². The third-order valence-corrected chi connectivity index (χ3v) is 6.61. The standard InChI is InChI=1S/C29H33NO6/c1-6-35-24-13-19(9-12-22(24)31)26-25(28(33)36-16-18-7-10-20(34-5)11-8-18)17(2)30-21-14-29(3,4)15-23(32)27(21)26/h7-13,26,30-31H,6,14-16H2,1-5H3/t26-/m1/s1. The third-order valence-electron chi connectivity index (χ3n) is 6.61. The number of rotatable bonds is 7. The van der Waals surface area contributed by atoms with Crippen molar-refractivity contribution in [2.45, 2.75) is 53.1 Å². The van der Waals surface area contributed by atoms with Crippen LogP contribution in [-0.4, -0.2) is 30.6 Å². The van der Waals surface area contributed by atoms with Gasteiger partial charge in [-0.3, -0.25) is 4.79 Å². The minimum atomic E-state index is -0.631. The van der Waals surface area contributed by atoms with Crippen LogP contribution in [0.25, 0.3) is 0 Å². The maximum atomic E-state index is 13.5. The van der Waals surface area contributed by atoms with Crippen LogP contribution < -0.4 is 14.8 Å². The van der Waals surface area contributed by atoms with Gasteiger partial charge in [-0.05, 0) is 61.1 Å². The lowest BCUT2D eigenvalue weighted by Gasteiger charge is -2.39. The number of aromatic hydroxyl groups is 1. The summed E-state index contributed by atoms with van der Waals surface area (Å²) in [6.45, 7) is 8.25. The van der Waals surface area contributed by atoms with Crippen molar-refractivity contribution in [1.29, 1.82) is 0 Å². The molecule has 7 nitrogen and oxygen atoms in total. The number of phenolic OH excluding ortho intramolecular Hbond substituents is 1. The molecule has 7 heteroatoms. The number of methoxy groups -OCH3 is 1. The number of carbonyl (C=O) groups is 2. The number of ketones is 1. The summed E-state index contributed by atoms with van der Waals surface area (Å²) in [5.41, 5.74) is 3.75. The average molecular weight is 492 g/mol. The van der Waals surface area contributed by atoms with Gasteiger partial charge in [0.25, 0.3) is 0 Å². The number of esters is 1. The van der Waals surface area contributed by atoms with Crippen molar-refractivity contribution in [3.63, 3.8) is 0 Å². The zero-order chi connectivity index (χ0) is 26.0. The molecule has 1 aliphatic heterocycles. The fraction of sp³-hybridized carbons (Fsp3) is 0.379. The van der Waals surface area contributed by atoms with Crippen molar-refractivity contribution >= 4 is 11.8 Å². The van der Waals surface area contributed by atoms with Crippen molar-refractivity contribution in [2.75, 3.05) is 13.7 Å². The fourth-order valence-corrected chi connectivity index (χ4v) is 4.97. The number of ether oxygens (including phenoxy) is 3. The Morgan fingerprint density at radius 1 is 1.14 bits per heavy atom. The molecule has 4 rings (SSSR count). The molecule has 0 saturated carbocycles. The molecule has 2 aliphatic rings. The van der Waals surface area contributed by atoms with E-state index in [2.05, 4.69) is 19.2 Å². The van der Waals surface area contributed by atoms with Crippen LogP contribution in [0, 0.1) is 5.41 Å². The Kier molecular flexibility index (Phi) is 7.11. The number of hydrogen-bond acceptors (Lipinski definition) is 7. The summed E-state index contributed by atoms with van der Waals surface area (Å²) in [6.07, 6.45) is 1.07. The predicted molar refractivity (Wildman–Crippen MR) is 136 cm³/mol. The van der Waals surface area contributed by atoms with Crippen molar-refractivity contribution in [1.82, 2.24) is 5.32 Å². The highest BCUT2D eigenvalue weighted by Gasteiger charge is 2.43. The summed E-state index contributed by atoms with van der Waals surface area (Å²) in [5.74, 6) is -0.107. The molecular formula is C29H33NO6. The number of nitrogens with one attached hydrogen (secondary N) is 1. The largest absolute Gasteiger partial charge is 0.504 e. The van der Waals surface area contributed by atoms with E-state index in [-0.39, 0.29) is 23.6 Å². The summed E-state index contributed by atoms with van der Waals surface area (Å²) in [4.78, 5) is 27.0. The monoisotopic (exact) mass is 491 g/mol. The molecule has 1 heterocycles. The molecule has 0 bridgehead atoms. The van der Waals surface area contributed by atoms with E-state index < -0.39 is 11.9 Å². The molecule has 0 aromatic heterocycles. The van der Waals surface area contributed by atoms with E-state index in [9.17, 15) is 14.7 Å². The molecule has 2 aromatic carbocycles. The average Bonchev–Trinajstić information content (AvgIpc) is 2.82. The van der Waals surface area contributed by atoms with Gasteiger partial charge >= 0.3 is 5.97 Å². The van der Waals surface area contributed by atoms with Crippen LogP contribution in [0.5, 0.6) is 17.2 Å². The van der Waals surface area contributed by atoms with Gasteiger partial charge in [0.15, 0.2) is 17.3 Å². The first kappa shape index (κ1) is 25.4. The van der Waals surface area contributed by atoms with E-state index in [1.54, 1.807) is 19.2 Å². The smallest absolute Gasteiger partial charge is 0.337 e. The molecule has 0 unspecified atom stereocenters. The van der Waals surface area contributed by atoms with Gasteiger partial charge in [-0.25, -0.2) is 4.79 Å². The molecule has 0 saturated heterocycles. The van der Waals surface area contributed by atoms with Crippen molar-refractivity contribution in [2.24, 2.45) is 5.41 Å². The zero-order valence-electron chi connectivity index (χ0n) is 21.4. The number of benzene rings is 2. The minimum Gasteiger partial charge on any atom is -0.504 e. The van der Waals surface area contributed by atoms with Gasteiger partial charge < -0.3 is 24.6 Å². The molecule has 190 valence electrons. The Morgan fingerprint density at radius 2 is 1.86 bits per heavy atom. The van der Waals surface area contributed by atoms with Gasteiger partial charge in [0, 0.05) is 29.3 Å². The van der Waals surface area contributed by atoms with Crippen LogP contribution in [-0.2, 0) is 20.9 Å². The molecular weight excluding hydrogens is 458 g/mol. The second-order valence-electron chi connectivity index (χ2n) is 10.0. The van der Waals surface area contributed by atoms with Crippen molar-refractivity contribution < 1.29 is 28.9 Å². The summed E-state index contributed by atoms with van der Waals surface area (Å²) < 4.78 is 16.5. The van der Waals surface area contributed by atoms with Crippen LogP contribution in [0.1, 0.15) is 57.6 Å². The Balaban J connectivity index is 1.73. The number of hydrogen-bond donors (Lipinski definition) is 2. The molecule has 0 amide bonds. The van der Waals surface area contributed by atoms with Gasteiger partial charge in [0.1, 0.15) is 12.4 Å². The number of carbonyl (C=O) groups excluding carboxylic acids is 2. The normalized spacial score (nSPS) is 18.9. The lowest BCUT2D eigenvalue weighted by molar-refractivity contribution is -0.140. The lowest BCUT2D eigenvalue weighted by Crippen LogP contribution is -2.38. The molecule has 1 aliphatic carbocycles.